The number of sulfone groups is 1. The van der Waals surface area contributed by atoms with Crippen LogP contribution in [0.1, 0.15) is 29.9 Å². The highest BCUT2D eigenvalue weighted by Gasteiger charge is 2.63. The largest absolute Gasteiger partial charge is 0.361 e. The summed E-state index contributed by atoms with van der Waals surface area (Å²) in [6.07, 6.45) is 0.106. The third-order valence-electron chi connectivity index (χ3n) is 3.26. The fourth-order valence-corrected chi connectivity index (χ4v) is 5.95. The van der Waals surface area contributed by atoms with Crippen LogP contribution in [0.15, 0.2) is 4.52 Å². The van der Waals surface area contributed by atoms with Gasteiger partial charge in [0.25, 0.3) is 0 Å². The summed E-state index contributed by atoms with van der Waals surface area (Å²) < 4.78 is 50.3. The molecule has 1 heterocycles. The molecule has 18 heavy (non-hydrogen) atoms. The van der Waals surface area contributed by atoms with E-state index >= 15 is 0 Å². The van der Waals surface area contributed by atoms with E-state index in [9.17, 15) is 16.8 Å². The van der Waals surface area contributed by atoms with Crippen molar-refractivity contribution in [3.63, 3.8) is 0 Å². The van der Waals surface area contributed by atoms with Crippen molar-refractivity contribution in [2.75, 3.05) is 0 Å². The number of aromatic nitrogens is 1. The molecule has 0 unspecified atom stereocenters. The second-order valence-electron chi connectivity index (χ2n) is 4.52. The van der Waals surface area contributed by atoms with Gasteiger partial charge in [-0.15, -0.1) is 0 Å². The van der Waals surface area contributed by atoms with Gasteiger partial charge < -0.3 is 4.52 Å². The standard InChI is InChI=1S/C9H14N2O5S2/c1-6-8(7(2)16-11-6)5-17(12,13)9(3-4-9)18(10,14)15/h3-5H2,1-2H3,(H2,10,14,15). The predicted molar refractivity (Wildman–Crippen MR) is 63.7 cm³/mol. The Hall–Kier alpha value is -0.930. The Kier molecular flexibility index (Phi) is 2.84. The molecule has 1 aromatic rings. The molecule has 1 fully saturated rings. The van der Waals surface area contributed by atoms with Crippen molar-refractivity contribution in [3.8, 4) is 0 Å². The molecule has 1 aliphatic rings. The van der Waals surface area contributed by atoms with Crippen LogP contribution >= 0.6 is 0 Å². The van der Waals surface area contributed by atoms with Gasteiger partial charge >= 0.3 is 0 Å². The van der Waals surface area contributed by atoms with Crippen LogP contribution in [-0.4, -0.2) is 26.1 Å². The van der Waals surface area contributed by atoms with E-state index in [1.165, 1.54) is 0 Å². The summed E-state index contributed by atoms with van der Waals surface area (Å²) in [5.41, 5.74) is 0.853. The molecule has 0 atom stereocenters. The first kappa shape index (κ1) is 13.5. The molecular weight excluding hydrogens is 280 g/mol. The van der Waals surface area contributed by atoms with Gasteiger partial charge in [0.05, 0.1) is 11.4 Å². The minimum absolute atomic E-state index is 0.0531. The quantitative estimate of drug-likeness (QED) is 0.833. The van der Waals surface area contributed by atoms with Gasteiger partial charge in [-0.1, -0.05) is 5.16 Å². The minimum Gasteiger partial charge on any atom is -0.361 e. The van der Waals surface area contributed by atoms with Crippen LogP contribution in [0.2, 0.25) is 0 Å². The summed E-state index contributed by atoms with van der Waals surface area (Å²) in [6, 6.07) is 0. The van der Waals surface area contributed by atoms with Crippen LogP contribution in [0.5, 0.6) is 0 Å². The molecule has 0 radical (unpaired) electrons. The van der Waals surface area contributed by atoms with E-state index < -0.39 is 29.7 Å². The van der Waals surface area contributed by atoms with Crippen molar-refractivity contribution in [1.29, 1.82) is 0 Å². The summed E-state index contributed by atoms with van der Waals surface area (Å²) in [4.78, 5) is 0. The van der Waals surface area contributed by atoms with Crippen molar-refractivity contribution in [2.45, 2.75) is 36.5 Å². The molecule has 1 aliphatic carbocycles. The van der Waals surface area contributed by atoms with Gasteiger partial charge in [0, 0.05) is 5.56 Å². The molecule has 2 rings (SSSR count). The number of rotatable bonds is 4. The van der Waals surface area contributed by atoms with Crippen molar-refractivity contribution >= 4 is 19.9 Å². The Balaban J connectivity index is 2.42. The topological polar surface area (TPSA) is 120 Å². The maximum Gasteiger partial charge on any atom is 0.229 e. The third-order valence-corrected chi connectivity index (χ3v) is 8.37. The van der Waals surface area contributed by atoms with Gasteiger partial charge in [-0.25, -0.2) is 22.0 Å². The lowest BCUT2D eigenvalue weighted by Crippen LogP contribution is -2.38. The zero-order chi connectivity index (χ0) is 13.8. The molecule has 0 aromatic carbocycles. The van der Waals surface area contributed by atoms with E-state index in [0.717, 1.165) is 0 Å². The van der Waals surface area contributed by atoms with Crippen LogP contribution in [-0.2, 0) is 25.6 Å². The summed E-state index contributed by atoms with van der Waals surface area (Å²) in [5, 5.41) is 8.67. The lowest BCUT2D eigenvalue weighted by atomic mass is 10.2. The molecule has 7 nitrogen and oxygen atoms in total. The highest BCUT2D eigenvalue weighted by molar-refractivity contribution is 8.09. The molecule has 0 aliphatic heterocycles. The Morgan fingerprint density at radius 3 is 2.17 bits per heavy atom. The lowest BCUT2D eigenvalue weighted by Gasteiger charge is -2.13. The average Bonchev–Trinajstić information content (AvgIpc) is 2.97. The molecular formula is C9H14N2O5S2. The van der Waals surface area contributed by atoms with E-state index in [-0.39, 0.29) is 12.8 Å². The van der Waals surface area contributed by atoms with E-state index in [2.05, 4.69) is 5.16 Å². The highest BCUT2D eigenvalue weighted by atomic mass is 32.3. The van der Waals surface area contributed by atoms with Crippen molar-refractivity contribution in [3.05, 3.63) is 17.0 Å². The number of nitrogens with zero attached hydrogens (tertiary/aromatic N) is 1. The van der Waals surface area contributed by atoms with Crippen LogP contribution in [0.25, 0.3) is 0 Å². The van der Waals surface area contributed by atoms with Crippen molar-refractivity contribution in [2.24, 2.45) is 5.14 Å². The number of aryl methyl sites for hydroxylation is 2. The fourth-order valence-electron chi connectivity index (χ4n) is 1.90. The van der Waals surface area contributed by atoms with E-state index in [0.29, 0.717) is 17.0 Å². The number of primary sulfonamides is 1. The van der Waals surface area contributed by atoms with E-state index in [1.54, 1.807) is 13.8 Å². The molecule has 1 aromatic heterocycles. The lowest BCUT2D eigenvalue weighted by molar-refractivity contribution is 0.392. The van der Waals surface area contributed by atoms with Crippen LogP contribution in [0.3, 0.4) is 0 Å². The first-order valence-electron chi connectivity index (χ1n) is 5.27. The Morgan fingerprint density at radius 1 is 1.28 bits per heavy atom. The Morgan fingerprint density at radius 2 is 1.83 bits per heavy atom. The maximum absolute atomic E-state index is 12.2. The SMILES string of the molecule is Cc1noc(C)c1CS(=O)(=O)C1(S(N)(=O)=O)CC1. The van der Waals surface area contributed by atoms with E-state index in [4.69, 9.17) is 9.66 Å². The Labute approximate surface area is 105 Å². The van der Waals surface area contributed by atoms with Gasteiger partial charge in [0.1, 0.15) is 5.76 Å². The predicted octanol–water partition coefficient (Wildman–Crippen LogP) is -0.0152. The smallest absolute Gasteiger partial charge is 0.229 e. The van der Waals surface area contributed by atoms with Gasteiger partial charge in [0.2, 0.25) is 10.0 Å². The zero-order valence-electron chi connectivity index (χ0n) is 10.0. The monoisotopic (exact) mass is 294 g/mol. The fraction of sp³-hybridized carbons (Fsp3) is 0.667. The molecule has 1 saturated carbocycles. The van der Waals surface area contributed by atoms with Crippen molar-refractivity contribution in [1.82, 2.24) is 5.16 Å². The molecule has 0 amide bonds. The molecule has 0 spiro atoms. The first-order chi connectivity index (χ1) is 8.11. The van der Waals surface area contributed by atoms with Crippen LogP contribution in [0, 0.1) is 13.8 Å². The normalized spacial score (nSPS) is 18.8. The Bertz CT molecular complexity index is 663. The molecule has 9 heteroatoms. The maximum atomic E-state index is 12.2. The van der Waals surface area contributed by atoms with Crippen LogP contribution in [0.4, 0.5) is 0 Å². The molecule has 0 bridgehead atoms. The number of sulfonamides is 1. The summed E-state index contributed by atoms with van der Waals surface area (Å²) in [6.45, 7) is 3.19. The average molecular weight is 294 g/mol. The number of nitrogens with two attached hydrogens (primary N) is 1. The van der Waals surface area contributed by atoms with E-state index in [1.807, 2.05) is 0 Å². The highest BCUT2D eigenvalue weighted by Crippen LogP contribution is 2.48. The van der Waals surface area contributed by atoms with Crippen molar-refractivity contribution < 1.29 is 21.4 Å². The molecule has 2 N–H and O–H groups in total. The van der Waals surface area contributed by atoms with Gasteiger partial charge in [-0.05, 0) is 26.7 Å². The summed E-state index contributed by atoms with van der Waals surface area (Å²) in [7, 11) is -8.00. The zero-order valence-corrected chi connectivity index (χ0v) is 11.6. The third kappa shape index (κ3) is 1.86. The van der Waals surface area contributed by atoms with Gasteiger partial charge in [-0.3, -0.25) is 0 Å². The first-order valence-corrected chi connectivity index (χ1v) is 8.47. The van der Waals surface area contributed by atoms with Gasteiger partial charge in [0.15, 0.2) is 13.9 Å². The molecule has 102 valence electrons. The summed E-state index contributed by atoms with van der Waals surface area (Å²) in [5.74, 6) is -0.0359. The second kappa shape index (κ2) is 3.78. The second-order valence-corrected chi connectivity index (χ2v) is 8.95. The number of hydrogen-bond donors (Lipinski definition) is 1. The summed E-state index contributed by atoms with van der Waals surface area (Å²) >= 11 is 0. The van der Waals surface area contributed by atoms with Gasteiger partial charge in [-0.2, -0.15) is 0 Å². The molecule has 0 saturated heterocycles. The number of hydrogen-bond acceptors (Lipinski definition) is 6. The van der Waals surface area contributed by atoms with Crippen LogP contribution < -0.4 is 5.14 Å². The minimum atomic E-state index is -4.12.